The molecule has 2 aromatic rings. The zero-order chi connectivity index (χ0) is 18.5. The number of carbonyl (C=O) groups excluding carboxylic acids is 2. The molecule has 0 bridgehead atoms. The minimum absolute atomic E-state index is 0.258. The molecule has 1 aromatic carbocycles. The first-order valence-electron chi connectivity index (χ1n) is 8.61. The van der Waals surface area contributed by atoms with Gasteiger partial charge in [0.15, 0.2) is 5.82 Å². The number of amides is 2. The van der Waals surface area contributed by atoms with Gasteiger partial charge in [-0.2, -0.15) is 0 Å². The van der Waals surface area contributed by atoms with Gasteiger partial charge in [0.25, 0.3) is 11.8 Å². The second kappa shape index (κ2) is 7.95. The van der Waals surface area contributed by atoms with Gasteiger partial charge in [0, 0.05) is 19.6 Å². The summed E-state index contributed by atoms with van der Waals surface area (Å²) in [6, 6.07) is 5.93. The van der Waals surface area contributed by atoms with E-state index in [1.807, 2.05) is 4.57 Å². The van der Waals surface area contributed by atoms with Crippen molar-refractivity contribution in [1.82, 2.24) is 20.2 Å². The molecule has 6 nitrogen and oxygen atoms in total. The van der Waals surface area contributed by atoms with Crippen LogP contribution in [0.4, 0.5) is 4.39 Å². The molecule has 7 heteroatoms. The van der Waals surface area contributed by atoms with Gasteiger partial charge >= 0.3 is 0 Å². The van der Waals surface area contributed by atoms with E-state index in [9.17, 15) is 14.0 Å². The molecule has 0 atom stereocenters. The Bertz CT molecular complexity index is 827. The van der Waals surface area contributed by atoms with Crippen LogP contribution in [-0.4, -0.2) is 27.9 Å². The second-order valence-electron chi connectivity index (χ2n) is 6.15. The van der Waals surface area contributed by atoms with Gasteiger partial charge in [0.05, 0.1) is 5.69 Å². The topological polar surface area (TPSA) is 76.0 Å². The SMILES string of the molecule is C=CCNC(=O)c1nc(C(=O)NCc2ccc(F)cc2)c2n1CCCC2. The number of hydrogen-bond acceptors (Lipinski definition) is 3. The number of halogens is 1. The maximum absolute atomic E-state index is 13.0. The summed E-state index contributed by atoms with van der Waals surface area (Å²) in [6.45, 7) is 4.85. The van der Waals surface area contributed by atoms with Crippen molar-refractivity contribution >= 4 is 11.8 Å². The molecule has 0 spiro atoms. The summed E-state index contributed by atoms with van der Waals surface area (Å²) in [6.07, 6.45) is 4.20. The van der Waals surface area contributed by atoms with Crippen LogP contribution in [0.25, 0.3) is 0 Å². The van der Waals surface area contributed by atoms with Gasteiger partial charge in [-0.3, -0.25) is 9.59 Å². The third-order valence-electron chi connectivity index (χ3n) is 4.31. The molecule has 2 heterocycles. The van der Waals surface area contributed by atoms with Gasteiger partial charge in [-0.1, -0.05) is 18.2 Å². The van der Waals surface area contributed by atoms with Gasteiger partial charge < -0.3 is 15.2 Å². The smallest absolute Gasteiger partial charge is 0.287 e. The molecule has 0 saturated heterocycles. The first-order chi connectivity index (χ1) is 12.6. The zero-order valence-corrected chi connectivity index (χ0v) is 14.4. The van der Waals surface area contributed by atoms with Crippen molar-refractivity contribution in [2.75, 3.05) is 6.54 Å². The van der Waals surface area contributed by atoms with Crippen molar-refractivity contribution in [3.05, 3.63) is 65.5 Å². The quantitative estimate of drug-likeness (QED) is 0.779. The standard InChI is InChI=1S/C19H21FN4O2/c1-2-10-21-19(26)17-23-16(15-5-3-4-11-24(15)17)18(25)22-12-13-6-8-14(20)9-7-13/h2,6-9H,1,3-5,10-12H2,(H,21,26)(H,22,25). The van der Waals surface area contributed by atoms with Crippen molar-refractivity contribution in [3.8, 4) is 0 Å². The molecule has 3 rings (SSSR count). The molecule has 0 radical (unpaired) electrons. The van der Waals surface area contributed by atoms with Crippen LogP contribution in [0, 0.1) is 5.82 Å². The van der Waals surface area contributed by atoms with E-state index in [4.69, 9.17) is 0 Å². The maximum atomic E-state index is 13.0. The largest absolute Gasteiger partial charge is 0.347 e. The van der Waals surface area contributed by atoms with Gasteiger partial charge in [0.2, 0.25) is 0 Å². The molecule has 2 amide bonds. The lowest BCUT2D eigenvalue weighted by atomic mass is 10.1. The van der Waals surface area contributed by atoms with Crippen molar-refractivity contribution < 1.29 is 14.0 Å². The van der Waals surface area contributed by atoms with Crippen LogP contribution in [0.3, 0.4) is 0 Å². The Kier molecular flexibility index (Phi) is 5.46. The monoisotopic (exact) mass is 356 g/mol. The normalized spacial score (nSPS) is 13.0. The Morgan fingerprint density at radius 2 is 1.96 bits per heavy atom. The lowest BCUT2D eigenvalue weighted by Crippen LogP contribution is -2.28. The van der Waals surface area contributed by atoms with E-state index in [0.29, 0.717) is 19.5 Å². The van der Waals surface area contributed by atoms with E-state index in [0.717, 1.165) is 24.1 Å². The molecule has 1 aromatic heterocycles. The summed E-state index contributed by atoms with van der Waals surface area (Å²) >= 11 is 0. The summed E-state index contributed by atoms with van der Waals surface area (Å²) in [5.74, 6) is -0.708. The van der Waals surface area contributed by atoms with Crippen LogP contribution in [0.2, 0.25) is 0 Å². The van der Waals surface area contributed by atoms with Crippen molar-refractivity contribution in [2.24, 2.45) is 0 Å². The Labute approximate surface area is 151 Å². The number of benzene rings is 1. The van der Waals surface area contributed by atoms with E-state index < -0.39 is 0 Å². The lowest BCUT2D eigenvalue weighted by molar-refractivity contribution is 0.0941. The van der Waals surface area contributed by atoms with Crippen LogP contribution in [0.15, 0.2) is 36.9 Å². The van der Waals surface area contributed by atoms with E-state index in [1.165, 1.54) is 12.1 Å². The predicted octanol–water partition coefficient (Wildman–Crippen LogP) is 2.20. The summed E-state index contributed by atoms with van der Waals surface area (Å²) < 4.78 is 14.8. The van der Waals surface area contributed by atoms with Gasteiger partial charge in [0.1, 0.15) is 11.5 Å². The summed E-state index contributed by atoms with van der Waals surface area (Å²) in [5.41, 5.74) is 1.86. The van der Waals surface area contributed by atoms with Crippen LogP contribution in [0.1, 0.15) is 45.2 Å². The molecule has 0 unspecified atom stereocenters. The Balaban J connectivity index is 1.78. The van der Waals surface area contributed by atoms with E-state index >= 15 is 0 Å². The highest BCUT2D eigenvalue weighted by Crippen LogP contribution is 2.21. The average Bonchev–Trinajstić information content (AvgIpc) is 3.05. The molecule has 0 saturated carbocycles. The number of hydrogen-bond donors (Lipinski definition) is 2. The zero-order valence-electron chi connectivity index (χ0n) is 14.4. The van der Waals surface area contributed by atoms with E-state index in [-0.39, 0.29) is 35.7 Å². The van der Waals surface area contributed by atoms with Crippen LogP contribution < -0.4 is 10.6 Å². The molecule has 0 aliphatic carbocycles. The minimum atomic E-state index is -0.331. The Morgan fingerprint density at radius 3 is 2.69 bits per heavy atom. The summed E-state index contributed by atoms with van der Waals surface area (Å²) in [5, 5.41) is 5.50. The van der Waals surface area contributed by atoms with Gasteiger partial charge in [-0.05, 0) is 37.0 Å². The number of nitrogens with one attached hydrogen (secondary N) is 2. The number of imidazole rings is 1. The maximum Gasteiger partial charge on any atom is 0.287 e. The summed E-state index contributed by atoms with van der Waals surface area (Å²) in [7, 11) is 0. The van der Waals surface area contributed by atoms with Crippen LogP contribution in [0.5, 0.6) is 0 Å². The van der Waals surface area contributed by atoms with Crippen LogP contribution >= 0.6 is 0 Å². The number of carbonyl (C=O) groups is 2. The molecular formula is C19H21FN4O2. The fourth-order valence-corrected chi connectivity index (χ4v) is 3.01. The molecule has 0 fully saturated rings. The summed E-state index contributed by atoms with van der Waals surface area (Å²) in [4.78, 5) is 29.2. The molecule has 136 valence electrons. The number of fused-ring (bicyclic) bond motifs is 1. The fraction of sp³-hybridized carbons (Fsp3) is 0.316. The highest BCUT2D eigenvalue weighted by molar-refractivity contribution is 5.97. The van der Waals surface area contributed by atoms with E-state index in [1.54, 1.807) is 18.2 Å². The van der Waals surface area contributed by atoms with Crippen LogP contribution in [-0.2, 0) is 19.5 Å². The molecular weight excluding hydrogens is 335 g/mol. The van der Waals surface area contributed by atoms with Crippen molar-refractivity contribution in [3.63, 3.8) is 0 Å². The Morgan fingerprint density at radius 1 is 1.19 bits per heavy atom. The second-order valence-corrected chi connectivity index (χ2v) is 6.15. The first-order valence-corrected chi connectivity index (χ1v) is 8.61. The van der Waals surface area contributed by atoms with Gasteiger partial charge in [-0.15, -0.1) is 6.58 Å². The molecule has 1 aliphatic rings. The van der Waals surface area contributed by atoms with Crippen molar-refractivity contribution in [1.29, 1.82) is 0 Å². The Hall–Kier alpha value is -2.96. The highest BCUT2D eigenvalue weighted by atomic mass is 19.1. The molecule has 26 heavy (non-hydrogen) atoms. The third-order valence-corrected chi connectivity index (χ3v) is 4.31. The van der Waals surface area contributed by atoms with E-state index in [2.05, 4.69) is 22.2 Å². The number of aromatic nitrogens is 2. The number of rotatable bonds is 6. The first kappa shape index (κ1) is 17.8. The number of nitrogens with zero attached hydrogens (tertiary/aromatic N) is 2. The molecule has 1 aliphatic heterocycles. The third kappa shape index (κ3) is 3.82. The van der Waals surface area contributed by atoms with Gasteiger partial charge in [-0.25, -0.2) is 9.37 Å². The predicted molar refractivity (Wildman–Crippen MR) is 95.3 cm³/mol. The highest BCUT2D eigenvalue weighted by Gasteiger charge is 2.27. The lowest BCUT2D eigenvalue weighted by Gasteiger charge is -2.17. The van der Waals surface area contributed by atoms with Crippen molar-refractivity contribution in [2.45, 2.75) is 32.4 Å². The minimum Gasteiger partial charge on any atom is -0.347 e. The molecule has 2 N–H and O–H groups in total. The average molecular weight is 356 g/mol. The fourth-order valence-electron chi connectivity index (χ4n) is 3.01.